The lowest BCUT2D eigenvalue weighted by atomic mass is 10.1. The Labute approximate surface area is 245 Å². The molecule has 4 rings (SSSR count). The summed E-state index contributed by atoms with van der Waals surface area (Å²) in [5, 5.41) is 11.0. The molecule has 1 aromatic heterocycles. The number of Topliss-reactive ketones (excluding diaryl/α,β-unsaturated/α-hetero) is 1. The van der Waals surface area contributed by atoms with Crippen LogP contribution < -0.4 is 9.67 Å². The minimum Gasteiger partial charge on any atom is -0.550 e. The van der Waals surface area contributed by atoms with Gasteiger partial charge in [0.25, 0.3) is 0 Å². The standard InChI is InChI=1S/C26H20Cl4FN2O2.C2H4O2/c27-19-4-1-18(23(29)11-19)15-35-26(22-8-5-20(28)12-24(22)30)14-33-10-9-32(16-33)13-25(34)17-2-6-21(31)7-3-17;1-2(3)4/h1-12,16,26H,13-15H2;1H3,(H,3,4)/q+1;/p-1. The van der Waals surface area contributed by atoms with Gasteiger partial charge in [-0.1, -0.05) is 58.5 Å². The Morgan fingerprint density at radius 2 is 1.59 bits per heavy atom. The number of hydrogen-bond acceptors (Lipinski definition) is 4. The first-order valence-corrected chi connectivity index (χ1v) is 13.0. The van der Waals surface area contributed by atoms with Gasteiger partial charge in [-0.05, 0) is 61.0 Å². The van der Waals surface area contributed by atoms with E-state index >= 15 is 0 Å². The summed E-state index contributed by atoms with van der Waals surface area (Å²) in [6.45, 7) is 1.75. The van der Waals surface area contributed by atoms with E-state index in [9.17, 15) is 9.18 Å². The van der Waals surface area contributed by atoms with E-state index < -0.39 is 12.1 Å². The van der Waals surface area contributed by atoms with Gasteiger partial charge in [-0.15, -0.1) is 0 Å². The fraction of sp³-hybridized carbons (Fsp3) is 0.179. The molecule has 0 N–H and O–H groups in total. The highest BCUT2D eigenvalue weighted by molar-refractivity contribution is 6.35. The number of imidazole rings is 1. The van der Waals surface area contributed by atoms with Crippen molar-refractivity contribution in [2.45, 2.75) is 32.7 Å². The van der Waals surface area contributed by atoms with E-state index in [0.29, 0.717) is 32.2 Å². The summed E-state index contributed by atoms with van der Waals surface area (Å²) in [5.41, 5.74) is 2.00. The molecule has 204 valence electrons. The fourth-order valence-electron chi connectivity index (χ4n) is 3.56. The number of carbonyl (C=O) groups is 2. The van der Waals surface area contributed by atoms with Crippen LogP contribution in [0.4, 0.5) is 4.39 Å². The molecule has 39 heavy (non-hydrogen) atoms. The number of rotatable bonds is 9. The first-order valence-electron chi connectivity index (χ1n) is 11.5. The van der Waals surface area contributed by atoms with Crippen molar-refractivity contribution in [2.24, 2.45) is 0 Å². The molecular formula is C28H23Cl4FN2O4. The number of aliphatic carboxylic acids is 1. The number of aromatic nitrogens is 2. The Morgan fingerprint density at radius 3 is 2.21 bits per heavy atom. The van der Waals surface area contributed by atoms with E-state index in [0.717, 1.165) is 18.1 Å². The van der Waals surface area contributed by atoms with Crippen LogP contribution in [-0.4, -0.2) is 16.3 Å². The normalized spacial score (nSPS) is 11.4. The molecule has 1 heterocycles. The molecule has 0 saturated carbocycles. The molecule has 0 amide bonds. The van der Waals surface area contributed by atoms with E-state index in [1.807, 2.05) is 22.9 Å². The Hall–Kier alpha value is -2.94. The third kappa shape index (κ3) is 9.64. The number of ketones is 1. The van der Waals surface area contributed by atoms with Crippen molar-refractivity contribution < 1.29 is 28.4 Å². The zero-order chi connectivity index (χ0) is 28.5. The SMILES string of the molecule is CC(=O)[O-].O=C(C[n+]1ccn(CC(OCc2ccc(Cl)cc2Cl)c2ccc(Cl)cc2Cl)c1)c1ccc(F)cc1. The second kappa shape index (κ2) is 14.4. The highest BCUT2D eigenvalue weighted by Crippen LogP contribution is 2.31. The second-order valence-corrected chi connectivity index (χ2v) is 10.1. The Bertz CT molecular complexity index is 1440. The molecule has 0 aliphatic carbocycles. The van der Waals surface area contributed by atoms with Gasteiger partial charge < -0.3 is 14.6 Å². The minimum atomic E-state index is -1.08. The fourth-order valence-corrected chi connectivity index (χ4v) is 4.55. The largest absolute Gasteiger partial charge is 0.550 e. The molecule has 0 radical (unpaired) electrons. The summed E-state index contributed by atoms with van der Waals surface area (Å²) in [5.74, 6) is -1.59. The van der Waals surface area contributed by atoms with Crippen molar-refractivity contribution in [1.82, 2.24) is 4.57 Å². The zero-order valence-electron chi connectivity index (χ0n) is 20.6. The van der Waals surface area contributed by atoms with Gasteiger partial charge in [-0.25, -0.2) is 13.5 Å². The Balaban J connectivity index is 0.000000983. The number of benzene rings is 3. The number of ether oxygens (including phenoxy) is 1. The molecule has 0 spiro atoms. The van der Waals surface area contributed by atoms with Crippen LogP contribution in [0, 0.1) is 5.82 Å². The van der Waals surface area contributed by atoms with Crippen LogP contribution in [0.5, 0.6) is 0 Å². The molecule has 3 aromatic carbocycles. The summed E-state index contributed by atoms with van der Waals surface area (Å²) in [6.07, 6.45) is 5.00. The molecule has 6 nitrogen and oxygen atoms in total. The highest BCUT2D eigenvalue weighted by atomic mass is 35.5. The summed E-state index contributed by atoms with van der Waals surface area (Å²) in [4.78, 5) is 21.4. The predicted octanol–water partition coefficient (Wildman–Crippen LogP) is 6.13. The maximum atomic E-state index is 13.1. The third-order valence-corrected chi connectivity index (χ3v) is 6.53. The average molecular weight is 612 g/mol. The van der Waals surface area contributed by atoms with Crippen molar-refractivity contribution in [3.63, 3.8) is 0 Å². The van der Waals surface area contributed by atoms with Crippen LogP contribution in [0.3, 0.4) is 0 Å². The van der Waals surface area contributed by atoms with Crippen LogP contribution in [-0.2, 0) is 29.2 Å². The Kier molecular flexibility index (Phi) is 11.3. The summed E-state index contributed by atoms with van der Waals surface area (Å²) in [6, 6.07) is 16.0. The van der Waals surface area contributed by atoms with Crippen LogP contribution >= 0.6 is 46.4 Å². The third-order valence-electron chi connectivity index (χ3n) is 5.38. The van der Waals surface area contributed by atoms with Gasteiger partial charge in [0.1, 0.15) is 30.9 Å². The maximum absolute atomic E-state index is 13.1. The van der Waals surface area contributed by atoms with Gasteiger partial charge in [0.05, 0.1) is 6.61 Å². The van der Waals surface area contributed by atoms with Crippen molar-refractivity contribution in [3.05, 3.63) is 122 Å². The van der Waals surface area contributed by atoms with E-state index in [1.54, 1.807) is 41.4 Å². The molecule has 0 aliphatic rings. The lowest BCUT2D eigenvalue weighted by Crippen LogP contribution is -2.36. The molecule has 11 heteroatoms. The molecule has 1 atom stereocenters. The van der Waals surface area contributed by atoms with Crippen LogP contribution in [0.1, 0.15) is 34.5 Å². The first kappa shape index (κ1) is 30.6. The first-order chi connectivity index (χ1) is 18.5. The van der Waals surface area contributed by atoms with Gasteiger partial charge in [0.2, 0.25) is 12.1 Å². The van der Waals surface area contributed by atoms with Crippen molar-refractivity contribution >= 4 is 58.2 Å². The van der Waals surface area contributed by atoms with E-state index in [2.05, 4.69) is 0 Å². The molecular weight excluding hydrogens is 589 g/mol. The van der Waals surface area contributed by atoms with Gasteiger partial charge in [-0.3, -0.25) is 4.79 Å². The topological polar surface area (TPSA) is 75.2 Å². The molecule has 4 aromatic rings. The van der Waals surface area contributed by atoms with Gasteiger partial charge >= 0.3 is 0 Å². The van der Waals surface area contributed by atoms with Gasteiger partial charge in [0, 0.05) is 37.2 Å². The molecule has 0 fully saturated rings. The number of nitrogens with zero attached hydrogens (tertiary/aromatic N) is 2. The maximum Gasteiger partial charge on any atom is 0.244 e. The number of carbonyl (C=O) groups excluding carboxylic acids is 2. The van der Waals surface area contributed by atoms with E-state index in [4.69, 9.17) is 61.0 Å². The molecule has 1 unspecified atom stereocenters. The monoisotopic (exact) mass is 610 g/mol. The number of carboxylic acid groups (broad SMARTS) is 1. The van der Waals surface area contributed by atoms with Crippen LogP contribution in [0.15, 0.2) is 79.4 Å². The summed E-state index contributed by atoms with van der Waals surface area (Å²) < 4.78 is 23.0. The summed E-state index contributed by atoms with van der Waals surface area (Å²) in [7, 11) is 0. The van der Waals surface area contributed by atoms with E-state index in [-0.39, 0.29) is 24.8 Å². The Morgan fingerprint density at radius 1 is 0.974 bits per heavy atom. The number of hydrogen-bond donors (Lipinski definition) is 0. The van der Waals surface area contributed by atoms with Crippen molar-refractivity contribution in [2.75, 3.05) is 0 Å². The lowest BCUT2D eigenvalue weighted by Gasteiger charge is -2.19. The molecule has 0 saturated heterocycles. The molecule has 0 aliphatic heterocycles. The van der Waals surface area contributed by atoms with Gasteiger partial charge in [-0.2, -0.15) is 0 Å². The predicted molar refractivity (Wildman–Crippen MR) is 146 cm³/mol. The van der Waals surface area contributed by atoms with Crippen LogP contribution in [0.25, 0.3) is 0 Å². The number of halogens is 5. The smallest absolute Gasteiger partial charge is 0.244 e. The lowest BCUT2D eigenvalue weighted by molar-refractivity contribution is -0.682. The van der Waals surface area contributed by atoms with Crippen LogP contribution in [0.2, 0.25) is 20.1 Å². The highest BCUT2D eigenvalue weighted by Gasteiger charge is 2.21. The quantitative estimate of drug-likeness (QED) is 0.169. The van der Waals surface area contributed by atoms with E-state index in [1.165, 1.54) is 24.3 Å². The zero-order valence-corrected chi connectivity index (χ0v) is 23.6. The van der Waals surface area contributed by atoms with Crippen molar-refractivity contribution in [1.29, 1.82) is 0 Å². The molecule has 0 bridgehead atoms. The second-order valence-electron chi connectivity index (χ2n) is 8.41. The van der Waals surface area contributed by atoms with Gasteiger partial charge in [0.15, 0.2) is 6.54 Å². The average Bonchev–Trinajstić information content (AvgIpc) is 3.29. The summed E-state index contributed by atoms with van der Waals surface area (Å²) >= 11 is 24.9. The number of carboxylic acids is 1. The minimum absolute atomic E-state index is 0.117. The van der Waals surface area contributed by atoms with Crippen molar-refractivity contribution in [3.8, 4) is 0 Å².